The van der Waals surface area contributed by atoms with E-state index in [-0.39, 0.29) is 18.0 Å². The van der Waals surface area contributed by atoms with Crippen LogP contribution in [-0.2, 0) is 19.6 Å². The molecule has 2 heterocycles. The Morgan fingerprint density at radius 1 is 1.36 bits per heavy atom. The van der Waals surface area contributed by atoms with Crippen molar-refractivity contribution in [3.05, 3.63) is 30.5 Å². The molecule has 1 N–H and O–H groups in total. The van der Waals surface area contributed by atoms with Gasteiger partial charge < -0.3 is 14.3 Å². The maximum absolute atomic E-state index is 12.9. The first-order chi connectivity index (χ1) is 10.4. The second kappa shape index (κ2) is 5.38. The topological polar surface area (TPSA) is 97.0 Å². The standard InChI is InChI=1S/C14H15NO6S/c1-9-13(14(16)17)15(6-7-20-9)22(18,19)12-8-21-11-5-3-2-4-10(11)12/h2-5,8-9,13H,6-7H2,1H3,(H,16,17)/t9-,13+/m0/s1. The van der Waals surface area contributed by atoms with E-state index < -0.39 is 28.1 Å². The minimum absolute atomic E-state index is 0.0108. The number of nitrogens with zero attached hydrogens (tertiary/aromatic N) is 1. The number of furan rings is 1. The molecule has 1 fully saturated rings. The first-order valence-corrected chi connectivity index (χ1v) is 8.19. The molecule has 1 aliphatic heterocycles. The third-order valence-electron chi connectivity index (χ3n) is 3.73. The van der Waals surface area contributed by atoms with Crippen molar-refractivity contribution in [1.29, 1.82) is 0 Å². The third kappa shape index (κ3) is 2.29. The number of hydrogen-bond donors (Lipinski definition) is 1. The summed E-state index contributed by atoms with van der Waals surface area (Å²) >= 11 is 0. The van der Waals surface area contributed by atoms with Gasteiger partial charge in [0, 0.05) is 11.9 Å². The predicted octanol–water partition coefficient (Wildman–Crippen LogP) is 1.30. The zero-order valence-corrected chi connectivity index (χ0v) is 12.6. The highest BCUT2D eigenvalue weighted by atomic mass is 32.2. The molecule has 118 valence electrons. The van der Waals surface area contributed by atoms with Crippen LogP contribution in [-0.4, -0.2) is 49.1 Å². The fourth-order valence-corrected chi connectivity index (χ4v) is 4.41. The minimum atomic E-state index is -3.99. The van der Waals surface area contributed by atoms with Crippen LogP contribution >= 0.6 is 0 Å². The monoisotopic (exact) mass is 325 g/mol. The third-order valence-corrected chi connectivity index (χ3v) is 5.63. The van der Waals surface area contributed by atoms with E-state index in [0.29, 0.717) is 11.0 Å². The molecule has 0 unspecified atom stereocenters. The molecule has 1 saturated heterocycles. The molecule has 0 amide bonds. The van der Waals surface area contributed by atoms with Crippen molar-refractivity contribution in [3.8, 4) is 0 Å². The summed E-state index contributed by atoms with van der Waals surface area (Å²) in [7, 11) is -3.99. The van der Waals surface area contributed by atoms with E-state index in [1.54, 1.807) is 31.2 Å². The molecule has 1 aliphatic rings. The first kappa shape index (κ1) is 15.0. The molecule has 1 aromatic carbocycles. The molecular weight excluding hydrogens is 310 g/mol. The van der Waals surface area contributed by atoms with E-state index in [4.69, 9.17) is 9.15 Å². The van der Waals surface area contributed by atoms with Gasteiger partial charge in [-0.1, -0.05) is 12.1 Å². The number of carboxylic acid groups (broad SMARTS) is 1. The van der Waals surface area contributed by atoms with Gasteiger partial charge in [-0.3, -0.25) is 4.79 Å². The molecule has 3 rings (SSSR count). The summed E-state index contributed by atoms with van der Waals surface area (Å²) in [5.41, 5.74) is 0.439. The summed E-state index contributed by atoms with van der Waals surface area (Å²) in [6.45, 7) is 1.69. The summed E-state index contributed by atoms with van der Waals surface area (Å²) in [6.07, 6.45) is 0.429. The van der Waals surface area contributed by atoms with Crippen molar-refractivity contribution >= 4 is 27.0 Å². The zero-order valence-electron chi connectivity index (χ0n) is 11.8. The maximum atomic E-state index is 12.9. The van der Waals surface area contributed by atoms with Crippen LogP contribution in [0.15, 0.2) is 39.8 Å². The Kier molecular flexibility index (Phi) is 3.67. The zero-order chi connectivity index (χ0) is 15.9. The second-order valence-corrected chi connectivity index (χ2v) is 6.93. The van der Waals surface area contributed by atoms with Crippen LogP contribution in [0.4, 0.5) is 0 Å². The Morgan fingerprint density at radius 3 is 2.82 bits per heavy atom. The number of para-hydroxylation sites is 1. The van der Waals surface area contributed by atoms with Crippen LogP contribution in [0.1, 0.15) is 6.92 Å². The highest BCUT2D eigenvalue weighted by Crippen LogP contribution is 2.30. The molecule has 0 bridgehead atoms. The Labute approximate surface area is 127 Å². The largest absolute Gasteiger partial charge is 0.480 e. The van der Waals surface area contributed by atoms with E-state index in [9.17, 15) is 18.3 Å². The minimum Gasteiger partial charge on any atom is -0.480 e. The Balaban J connectivity index is 2.10. The highest BCUT2D eigenvalue weighted by molar-refractivity contribution is 7.89. The molecule has 7 nitrogen and oxygen atoms in total. The van der Waals surface area contributed by atoms with Gasteiger partial charge >= 0.3 is 5.97 Å². The Bertz CT molecular complexity index is 812. The van der Waals surface area contributed by atoms with Gasteiger partial charge in [-0.25, -0.2) is 8.42 Å². The summed E-state index contributed by atoms with van der Waals surface area (Å²) < 4.78 is 37.2. The molecule has 2 atom stereocenters. The van der Waals surface area contributed by atoms with Crippen LogP contribution in [0.25, 0.3) is 11.0 Å². The lowest BCUT2D eigenvalue weighted by Crippen LogP contribution is -2.56. The molecule has 1 aromatic heterocycles. The number of sulfonamides is 1. The highest BCUT2D eigenvalue weighted by Gasteiger charge is 2.43. The van der Waals surface area contributed by atoms with Gasteiger partial charge in [-0.2, -0.15) is 4.31 Å². The summed E-state index contributed by atoms with van der Waals surface area (Å²) in [4.78, 5) is 11.4. The molecule has 0 aliphatic carbocycles. The second-order valence-electron chi connectivity index (χ2n) is 5.07. The van der Waals surface area contributed by atoms with Crippen molar-refractivity contribution in [3.63, 3.8) is 0 Å². The summed E-state index contributed by atoms with van der Waals surface area (Å²) in [6, 6.07) is 5.47. The van der Waals surface area contributed by atoms with E-state index in [1.807, 2.05) is 0 Å². The van der Waals surface area contributed by atoms with Crippen molar-refractivity contribution in [1.82, 2.24) is 4.31 Å². The number of morpholine rings is 1. The molecule has 0 saturated carbocycles. The van der Waals surface area contributed by atoms with Gasteiger partial charge in [0.15, 0.2) is 0 Å². The Morgan fingerprint density at radius 2 is 2.09 bits per heavy atom. The van der Waals surface area contributed by atoms with E-state index in [2.05, 4.69) is 0 Å². The van der Waals surface area contributed by atoms with E-state index in [1.165, 1.54) is 0 Å². The smallest absolute Gasteiger partial charge is 0.324 e. The normalized spacial score (nSPS) is 23.7. The van der Waals surface area contributed by atoms with Gasteiger partial charge in [0.05, 0.1) is 12.7 Å². The molecule has 0 spiro atoms. The average molecular weight is 325 g/mol. The molecule has 22 heavy (non-hydrogen) atoms. The van der Waals surface area contributed by atoms with Crippen molar-refractivity contribution < 1.29 is 27.5 Å². The molecule has 0 radical (unpaired) electrons. The number of benzene rings is 1. The SMILES string of the molecule is C[C@@H]1OCCN(S(=O)(=O)c2coc3ccccc23)[C@H]1C(=O)O. The van der Waals surface area contributed by atoms with Gasteiger partial charge in [-0.15, -0.1) is 0 Å². The lowest BCUT2D eigenvalue weighted by atomic mass is 10.1. The van der Waals surface area contributed by atoms with Gasteiger partial charge in [0.1, 0.15) is 22.8 Å². The van der Waals surface area contributed by atoms with Crippen molar-refractivity contribution in [2.75, 3.05) is 13.2 Å². The number of carbonyl (C=O) groups is 1. The lowest BCUT2D eigenvalue weighted by molar-refractivity contribution is -0.150. The molecule has 2 aromatic rings. The van der Waals surface area contributed by atoms with Crippen molar-refractivity contribution in [2.45, 2.75) is 24.0 Å². The number of carboxylic acids is 1. The van der Waals surface area contributed by atoms with Crippen LogP contribution in [0.3, 0.4) is 0 Å². The number of rotatable bonds is 3. The van der Waals surface area contributed by atoms with Gasteiger partial charge in [-0.05, 0) is 19.1 Å². The number of ether oxygens (including phenoxy) is 1. The Hall–Kier alpha value is -1.90. The maximum Gasteiger partial charge on any atom is 0.324 e. The quantitative estimate of drug-likeness (QED) is 0.913. The van der Waals surface area contributed by atoms with Crippen LogP contribution in [0.5, 0.6) is 0 Å². The van der Waals surface area contributed by atoms with Gasteiger partial charge in [0.25, 0.3) is 0 Å². The average Bonchev–Trinajstić information content (AvgIpc) is 2.91. The fourth-order valence-electron chi connectivity index (χ4n) is 2.67. The summed E-state index contributed by atoms with van der Waals surface area (Å²) in [5.74, 6) is -1.23. The lowest BCUT2D eigenvalue weighted by Gasteiger charge is -2.35. The molecular formula is C14H15NO6S. The molecule has 8 heteroatoms. The van der Waals surface area contributed by atoms with Crippen LogP contribution in [0.2, 0.25) is 0 Å². The van der Waals surface area contributed by atoms with E-state index in [0.717, 1.165) is 10.6 Å². The fraction of sp³-hybridized carbons (Fsp3) is 0.357. The summed E-state index contributed by atoms with van der Waals surface area (Å²) in [5, 5.41) is 9.78. The number of hydrogen-bond acceptors (Lipinski definition) is 5. The van der Waals surface area contributed by atoms with E-state index >= 15 is 0 Å². The first-order valence-electron chi connectivity index (χ1n) is 6.75. The number of fused-ring (bicyclic) bond motifs is 1. The predicted molar refractivity (Wildman–Crippen MR) is 76.9 cm³/mol. The number of aliphatic carboxylic acids is 1. The van der Waals surface area contributed by atoms with Gasteiger partial charge in [0.2, 0.25) is 10.0 Å². The van der Waals surface area contributed by atoms with Crippen LogP contribution < -0.4 is 0 Å². The van der Waals surface area contributed by atoms with Crippen molar-refractivity contribution in [2.24, 2.45) is 0 Å². The van der Waals surface area contributed by atoms with Crippen LogP contribution in [0, 0.1) is 0 Å².